The van der Waals surface area contributed by atoms with Crippen molar-refractivity contribution < 1.29 is 8.83 Å². The number of anilines is 3. The Morgan fingerprint density at radius 3 is 1.83 bits per heavy atom. The third kappa shape index (κ3) is 4.68. The molecule has 0 radical (unpaired) electrons. The van der Waals surface area contributed by atoms with E-state index in [1.807, 2.05) is 6.07 Å². The van der Waals surface area contributed by atoms with E-state index in [9.17, 15) is 0 Å². The molecule has 0 bridgehead atoms. The molecule has 0 aliphatic carbocycles. The molecular formula is C50H31NO2. The molecule has 9 aromatic carbocycles. The van der Waals surface area contributed by atoms with Crippen molar-refractivity contribution in [3.63, 3.8) is 0 Å². The van der Waals surface area contributed by atoms with Gasteiger partial charge >= 0.3 is 0 Å². The lowest BCUT2D eigenvalue weighted by Crippen LogP contribution is -2.10. The Kier molecular flexibility index (Phi) is 6.55. The van der Waals surface area contributed by atoms with Crippen molar-refractivity contribution in [2.24, 2.45) is 0 Å². The Labute approximate surface area is 305 Å². The van der Waals surface area contributed by atoms with E-state index in [0.717, 1.165) is 77.5 Å². The van der Waals surface area contributed by atoms with Crippen LogP contribution in [0.2, 0.25) is 0 Å². The summed E-state index contributed by atoms with van der Waals surface area (Å²) in [6.07, 6.45) is 0. The van der Waals surface area contributed by atoms with Crippen molar-refractivity contribution in [1.82, 2.24) is 0 Å². The summed E-state index contributed by atoms with van der Waals surface area (Å²) >= 11 is 0. The predicted molar refractivity (Wildman–Crippen MR) is 222 cm³/mol. The number of fused-ring (bicyclic) bond motifs is 9. The normalized spacial score (nSPS) is 11.8. The molecule has 0 aliphatic rings. The Morgan fingerprint density at radius 2 is 0.962 bits per heavy atom. The summed E-state index contributed by atoms with van der Waals surface area (Å²) < 4.78 is 13.4. The topological polar surface area (TPSA) is 29.5 Å². The van der Waals surface area contributed by atoms with Gasteiger partial charge in [0.1, 0.15) is 22.3 Å². The zero-order valence-electron chi connectivity index (χ0n) is 28.7. The molecule has 53 heavy (non-hydrogen) atoms. The minimum Gasteiger partial charge on any atom is -0.455 e. The quantitative estimate of drug-likeness (QED) is 0.182. The first-order chi connectivity index (χ1) is 26.3. The van der Waals surface area contributed by atoms with Crippen LogP contribution in [0, 0.1) is 0 Å². The van der Waals surface area contributed by atoms with Crippen LogP contribution in [0.1, 0.15) is 0 Å². The Hall–Kier alpha value is -7.10. The van der Waals surface area contributed by atoms with Gasteiger partial charge in [-0.05, 0) is 75.3 Å². The molecule has 3 heteroatoms. The lowest BCUT2D eigenvalue weighted by molar-refractivity contribution is 0.670. The fraction of sp³-hybridized carbons (Fsp3) is 0. The van der Waals surface area contributed by atoms with Gasteiger partial charge in [0.25, 0.3) is 0 Å². The van der Waals surface area contributed by atoms with Crippen LogP contribution in [-0.4, -0.2) is 0 Å². The van der Waals surface area contributed by atoms with Crippen LogP contribution in [0.3, 0.4) is 0 Å². The SMILES string of the molecule is c1ccc(-c2cccc3c2oc2cccc(N(c4ccc(-c5cccc6ccccc56)cc4)c4ccc5c(c4)oc4c6ccccc6ccc54)c23)cc1. The standard InChI is InChI=1S/C50H31NO2/c1-2-11-33(12-3-1)41-19-9-20-44-48-45(21-10-22-46(48)52-50(41)44)51(36-26-23-35(24-27-36)39-18-8-15-32-13-4-6-16-38(32)39)37-28-30-42-43-29-25-34-14-5-7-17-40(34)49(43)53-47(42)31-37/h1-31H. The van der Waals surface area contributed by atoms with E-state index in [1.165, 1.54) is 27.3 Å². The Bertz CT molecular complexity index is 3160. The van der Waals surface area contributed by atoms with Crippen LogP contribution >= 0.6 is 0 Å². The maximum Gasteiger partial charge on any atom is 0.143 e. The first-order valence-electron chi connectivity index (χ1n) is 18.0. The number of rotatable bonds is 5. The van der Waals surface area contributed by atoms with E-state index < -0.39 is 0 Å². The van der Waals surface area contributed by atoms with Gasteiger partial charge in [0.15, 0.2) is 0 Å². The zero-order valence-corrected chi connectivity index (χ0v) is 28.7. The summed E-state index contributed by atoms with van der Waals surface area (Å²) in [5, 5.41) is 9.11. The fourth-order valence-corrected chi connectivity index (χ4v) is 8.19. The average Bonchev–Trinajstić information content (AvgIpc) is 3.80. The van der Waals surface area contributed by atoms with Crippen molar-refractivity contribution in [2.45, 2.75) is 0 Å². The van der Waals surface area contributed by atoms with Crippen LogP contribution in [0.5, 0.6) is 0 Å². The van der Waals surface area contributed by atoms with Gasteiger partial charge in [-0.25, -0.2) is 0 Å². The minimum absolute atomic E-state index is 0.842. The van der Waals surface area contributed by atoms with Gasteiger partial charge in [0, 0.05) is 44.5 Å². The van der Waals surface area contributed by atoms with Gasteiger partial charge < -0.3 is 13.7 Å². The molecule has 11 rings (SSSR count). The van der Waals surface area contributed by atoms with Crippen LogP contribution in [-0.2, 0) is 0 Å². The molecule has 0 saturated carbocycles. The van der Waals surface area contributed by atoms with Crippen molar-refractivity contribution in [3.8, 4) is 22.3 Å². The average molecular weight is 678 g/mol. The minimum atomic E-state index is 0.842. The first-order valence-corrected chi connectivity index (χ1v) is 18.0. The van der Waals surface area contributed by atoms with Gasteiger partial charge in [-0.1, -0.05) is 140 Å². The number of hydrogen-bond acceptors (Lipinski definition) is 3. The molecule has 0 saturated heterocycles. The first kappa shape index (κ1) is 29.6. The Balaban J connectivity index is 1.14. The van der Waals surface area contributed by atoms with Crippen LogP contribution in [0.4, 0.5) is 17.1 Å². The highest BCUT2D eigenvalue weighted by Gasteiger charge is 2.22. The number of nitrogens with zero attached hydrogens (tertiary/aromatic N) is 1. The molecule has 248 valence electrons. The third-order valence-electron chi connectivity index (χ3n) is 10.7. The monoisotopic (exact) mass is 677 g/mol. The fourth-order valence-electron chi connectivity index (χ4n) is 8.19. The molecule has 0 fully saturated rings. The maximum atomic E-state index is 6.72. The van der Waals surface area contributed by atoms with Crippen molar-refractivity contribution in [2.75, 3.05) is 4.90 Å². The lowest BCUT2D eigenvalue weighted by Gasteiger charge is -2.26. The largest absolute Gasteiger partial charge is 0.455 e. The molecule has 2 heterocycles. The van der Waals surface area contributed by atoms with Crippen molar-refractivity contribution in [3.05, 3.63) is 188 Å². The van der Waals surface area contributed by atoms with Gasteiger partial charge in [0.2, 0.25) is 0 Å². The maximum absolute atomic E-state index is 6.72. The third-order valence-corrected chi connectivity index (χ3v) is 10.7. The van der Waals surface area contributed by atoms with Crippen molar-refractivity contribution >= 4 is 82.5 Å². The summed E-state index contributed by atoms with van der Waals surface area (Å²) in [4.78, 5) is 2.34. The van der Waals surface area contributed by atoms with Gasteiger partial charge in [-0.2, -0.15) is 0 Å². The molecule has 11 aromatic rings. The predicted octanol–water partition coefficient (Wildman–Crippen LogP) is 14.6. The number of para-hydroxylation sites is 1. The van der Waals surface area contributed by atoms with E-state index >= 15 is 0 Å². The summed E-state index contributed by atoms with van der Waals surface area (Å²) in [6.45, 7) is 0. The second kappa shape index (κ2) is 11.7. The second-order valence-electron chi connectivity index (χ2n) is 13.7. The number of benzene rings is 9. The van der Waals surface area contributed by atoms with E-state index in [2.05, 4.69) is 187 Å². The molecule has 0 atom stereocenters. The number of furan rings is 2. The molecule has 0 unspecified atom stereocenters. The molecule has 0 N–H and O–H groups in total. The van der Waals surface area contributed by atoms with Gasteiger partial charge in [0.05, 0.1) is 11.1 Å². The summed E-state index contributed by atoms with van der Waals surface area (Å²) in [5.41, 5.74) is 11.1. The van der Waals surface area contributed by atoms with E-state index in [1.54, 1.807) is 0 Å². The van der Waals surface area contributed by atoms with E-state index in [4.69, 9.17) is 8.83 Å². The van der Waals surface area contributed by atoms with Crippen molar-refractivity contribution in [1.29, 1.82) is 0 Å². The highest BCUT2D eigenvalue weighted by molar-refractivity contribution is 6.18. The molecule has 0 spiro atoms. The highest BCUT2D eigenvalue weighted by Crippen LogP contribution is 2.46. The molecule has 2 aromatic heterocycles. The summed E-state index contributed by atoms with van der Waals surface area (Å²) in [7, 11) is 0. The van der Waals surface area contributed by atoms with Crippen LogP contribution in [0.15, 0.2) is 197 Å². The second-order valence-corrected chi connectivity index (χ2v) is 13.7. The highest BCUT2D eigenvalue weighted by atomic mass is 16.3. The zero-order chi connectivity index (χ0) is 34.9. The molecule has 3 nitrogen and oxygen atoms in total. The van der Waals surface area contributed by atoms with E-state index in [-0.39, 0.29) is 0 Å². The molecule has 0 aliphatic heterocycles. The summed E-state index contributed by atoms with van der Waals surface area (Å²) in [5.74, 6) is 0. The van der Waals surface area contributed by atoms with Gasteiger partial charge in [-0.3, -0.25) is 0 Å². The summed E-state index contributed by atoms with van der Waals surface area (Å²) in [6, 6.07) is 66.6. The van der Waals surface area contributed by atoms with Crippen LogP contribution in [0.25, 0.3) is 87.7 Å². The molecule has 0 amide bonds. The van der Waals surface area contributed by atoms with E-state index in [0.29, 0.717) is 0 Å². The smallest absolute Gasteiger partial charge is 0.143 e. The lowest BCUT2D eigenvalue weighted by atomic mass is 9.98. The van der Waals surface area contributed by atoms with Gasteiger partial charge in [-0.15, -0.1) is 0 Å². The Morgan fingerprint density at radius 1 is 0.340 bits per heavy atom. The molecular weight excluding hydrogens is 647 g/mol. The number of hydrogen-bond donors (Lipinski definition) is 0. The van der Waals surface area contributed by atoms with Crippen LogP contribution < -0.4 is 4.90 Å².